The summed E-state index contributed by atoms with van der Waals surface area (Å²) in [7, 11) is -2.32. The van der Waals surface area contributed by atoms with Crippen molar-refractivity contribution in [1.82, 2.24) is 4.98 Å². The molecule has 0 spiro atoms. The Bertz CT molecular complexity index is 1060. The Morgan fingerprint density at radius 1 is 1.12 bits per heavy atom. The molecular formula is C18H17N3O4S. The molecule has 1 aromatic heterocycles. The first kappa shape index (κ1) is 17.7. The Balaban J connectivity index is 1.97. The van der Waals surface area contributed by atoms with E-state index in [4.69, 9.17) is 4.74 Å². The lowest BCUT2D eigenvalue weighted by Crippen LogP contribution is -2.14. The van der Waals surface area contributed by atoms with E-state index in [1.807, 2.05) is 6.07 Å². The van der Waals surface area contributed by atoms with Crippen LogP contribution in [-0.4, -0.2) is 26.4 Å². The Morgan fingerprint density at radius 3 is 2.50 bits per heavy atom. The predicted molar refractivity (Wildman–Crippen MR) is 99.8 cm³/mol. The Labute approximate surface area is 151 Å². The van der Waals surface area contributed by atoms with E-state index < -0.39 is 10.0 Å². The summed E-state index contributed by atoms with van der Waals surface area (Å²) in [5.41, 5.74) is 1.36. The van der Waals surface area contributed by atoms with E-state index in [0.717, 1.165) is 5.39 Å². The molecule has 0 aliphatic carbocycles. The van der Waals surface area contributed by atoms with Crippen molar-refractivity contribution in [3.8, 4) is 5.75 Å². The number of hydrogen-bond acceptors (Lipinski definition) is 5. The predicted octanol–water partition coefficient (Wildman–Crippen LogP) is 3.00. The minimum Gasteiger partial charge on any atom is -0.497 e. The molecule has 0 radical (unpaired) electrons. The van der Waals surface area contributed by atoms with Gasteiger partial charge in [0.15, 0.2) is 0 Å². The highest BCUT2D eigenvalue weighted by Gasteiger charge is 2.17. The molecule has 1 amide bonds. The molecule has 0 unspecified atom stereocenters. The summed E-state index contributed by atoms with van der Waals surface area (Å²) in [4.78, 5) is 15.4. The lowest BCUT2D eigenvalue weighted by Gasteiger charge is -2.12. The average molecular weight is 371 g/mol. The average Bonchev–Trinajstić information content (AvgIpc) is 2.61. The number of ether oxygens (including phenoxy) is 1. The number of nitrogens with one attached hydrogen (secondary N) is 2. The number of anilines is 2. The van der Waals surface area contributed by atoms with Gasteiger partial charge in [-0.1, -0.05) is 6.07 Å². The van der Waals surface area contributed by atoms with Crippen molar-refractivity contribution in [1.29, 1.82) is 0 Å². The summed E-state index contributed by atoms with van der Waals surface area (Å²) < 4.78 is 33.2. The summed E-state index contributed by atoms with van der Waals surface area (Å²) in [5.74, 6) is 0.289. The maximum Gasteiger partial charge on any atom is 0.261 e. The quantitative estimate of drug-likeness (QED) is 0.718. The fourth-order valence-electron chi connectivity index (χ4n) is 2.48. The highest BCUT2D eigenvalue weighted by molar-refractivity contribution is 7.92. The van der Waals surface area contributed by atoms with Gasteiger partial charge in [-0.05, 0) is 36.4 Å². The van der Waals surface area contributed by atoms with E-state index in [0.29, 0.717) is 22.6 Å². The largest absolute Gasteiger partial charge is 0.497 e. The van der Waals surface area contributed by atoms with Gasteiger partial charge in [0.1, 0.15) is 5.75 Å². The Kier molecular flexibility index (Phi) is 4.77. The van der Waals surface area contributed by atoms with E-state index >= 15 is 0 Å². The van der Waals surface area contributed by atoms with Gasteiger partial charge in [0, 0.05) is 30.3 Å². The molecule has 0 aliphatic rings. The third-order valence-corrected chi connectivity index (χ3v) is 5.02. The topological polar surface area (TPSA) is 97.4 Å². The van der Waals surface area contributed by atoms with Crippen molar-refractivity contribution in [2.24, 2.45) is 0 Å². The van der Waals surface area contributed by atoms with Crippen LogP contribution in [0.2, 0.25) is 0 Å². The number of pyridine rings is 1. The molecule has 0 saturated heterocycles. The van der Waals surface area contributed by atoms with Crippen molar-refractivity contribution in [3.05, 3.63) is 54.7 Å². The third-order valence-electron chi connectivity index (χ3n) is 3.64. The van der Waals surface area contributed by atoms with Crippen molar-refractivity contribution in [2.75, 3.05) is 17.1 Å². The van der Waals surface area contributed by atoms with E-state index in [1.54, 1.807) is 24.4 Å². The molecular weight excluding hydrogens is 354 g/mol. The summed E-state index contributed by atoms with van der Waals surface area (Å²) >= 11 is 0. The molecule has 26 heavy (non-hydrogen) atoms. The Morgan fingerprint density at radius 2 is 1.85 bits per heavy atom. The van der Waals surface area contributed by atoms with Crippen molar-refractivity contribution in [3.63, 3.8) is 0 Å². The zero-order valence-corrected chi connectivity index (χ0v) is 15.0. The van der Waals surface area contributed by atoms with Crippen LogP contribution in [0.3, 0.4) is 0 Å². The van der Waals surface area contributed by atoms with E-state index in [1.165, 1.54) is 38.3 Å². The van der Waals surface area contributed by atoms with Crippen LogP contribution in [-0.2, 0) is 14.8 Å². The number of hydrogen-bond donors (Lipinski definition) is 2. The molecule has 7 nitrogen and oxygen atoms in total. The number of nitrogens with zero attached hydrogens (tertiary/aromatic N) is 1. The lowest BCUT2D eigenvalue weighted by molar-refractivity contribution is -0.114. The van der Waals surface area contributed by atoms with Gasteiger partial charge in [0.2, 0.25) is 5.91 Å². The zero-order chi connectivity index (χ0) is 18.7. The molecule has 3 rings (SSSR count). The number of methoxy groups -OCH3 is 1. The van der Waals surface area contributed by atoms with Gasteiger partial charge >= 0.3 is 0 Å². The van der Waals surface area contributed by atoms with Gasteiger partial charge in [-0.25, -0.2) is 8.42 Å². The fourth-order valence-corrected chi connectivity index (χ4v) is 3.54. The summed E-state index contributed by atoms with van der Waals surface area (Å²) in [6.45, 7) is 1.38. The van der Waals surface area contributed by atoms with Crippen LogP contribution in [0.15, 0.2) is 59.6 Å². The first-order chi connectivity index (χ1) is 12.4. The smallest absolute Gasteiger partial charge is 0.261 e. The zero-order valence-electron chi connectivity index (χ0n) is 14.2. The Hall–Kier alpha value is -3.13. The van der Waals surface area contributed by atoms with Gasteiger partial charge in [-0.2, -0.15) is 0 Å². The molecule has 2 aromatic carbocycles. The normalized spacial score (nSPS) is 11.2. The molecule has 0 aliphatic heterocycles. The number of carbonyl (C=O) groups excluding carboxylic acids is 1. The molecule has 0 saturated carbocycles. The lowest BCUT2D eigenvalue weighted by atomic mass is 10.2. The van der Waals surface area contributed by atoms with Crippen LogP contribution in [0.5, 0.6) is 5.75 Å². The molecule has 2 N–H and O–H groups in total. The number of carbonyl (C=O) groups is 1. The summed E-state index contributed by atoms with van der Waals surface area (Å²) in [6, 6.07) is 12.8. The molecule has 0 bridgehead atoms. The van der Waals surface area contributed by atoms with Crippen LogP contribution < -0.4 is 14.8 Å². The van der Waals surface area contributed by atoms with Crippen molar-refractivity contribution < 1.29 is 17.9 Å². The first-order valence-corrected chi connectivity index (χ1v) is 9.20. The van der Waals surface area contributed by atoms with Gasteiger partial charge in [0.05, 0.1) is 23.2 Å². The van der Waals surface area contributed by atoms with Crippen LogP contribution in [0.25, 0.3) is 10.9 Å². The second kappa shape index (κ2) is 7.01. The summed E-state index contributed by atoms with van der Waals surface area (Å²) in [6.07, 6.45) is 1.59. The van der Waals surface area contributed by atoms with E-state index in [9.17, 15) is 13.2 Å². The second-order valence-corrected chi connectivity index (χ2v) is 7.24. The van der Waals surface area contributed by atoms with Gasteiger partial charge in [-0.15, -0.1) is 0 Å². The maximum absolute atomic E-state index is 12.7. The van der Waals surface area contributed by atoms with Crippen molar-refractivity contribution >= 4 is 38.2 Å². The standard InChI is InChI=1S/C18H17N3O4S/c1-12(22)20-14-5-7-16(8-6-14)26(23,24)21-17-11-15(25-2)10-13-4-3-9-19-18(13)17/h3-11,21H,1-2H3,(H,20,22). The van der Waals surface area contributed by atoms with Crippen LogP contribution >= 0.6 is 0 Å². The summed E-state index contributed by atoms with van der Waals surface area (Å²) in [5, 5.41) is 3.35. The number of amides is 1. The van der Waals surface area contributed by atoms with E-state index in [2.05, 4.69) is 15.0 Å². The maximum atomic E-state index is 12.7. The molecule has 8 heteroatoms. The second-order valence-electron chi connectivity index (χ2n) is 5.56. The van der Waals surface area contributed by atoms with Gasteiger partial charge in [-0.3, -0.25) is 14.5 Å². The third kappa shape index (κ3) is 3.75. The highest BCUT2D eigenvalue weighted by Crippen LogP contribution is 2.29. The number of sulfonamides is 1. The molecule has 3 aromatic rings. The number of rotatable bonds is 5. The van der Waals surface area contributed by atoms with Gasteiger partial charge in [0.25, 0.3) is 10.0 Å². The molecule has 1 heterocycles. The minimum absolute atomic E-state index is 0.0681. The highest BCUT2D eigenvalue weighted by atomic mass is 32.2. The monoisotopic (exact) mass is 371 g/mol. The van der Waals surface area contributed by atoms with E-state index in [-0.39, 0.29) is 10.8 Å². The van der Waals surface area contributed by atoms with Crippen LogP contribution in [0.4, 0.5) is 11.4 Å². The number of benzene rings is 2. The number of fused-ring (bicyclic) bond motifs is 1. The fraction of sp³-hybridized carbons (Fsp3) is 0.111. The van der Waals surface area contributed by atoms with Gasteiger partial charge < -0.3 is 10.1 Å². The van der Waals surface area contributed by atoms with Crippen molar-refractivity contribution in [2.45, 2.75) is 11.8 Å². The molecule has 0 atom stereocenters. The first-order valence-electron chi connectivity index (χ1n) is 7.72. The minimum atomic E-state index is -3.83. The molecule has 0 fully saturated rings. The van der Waals surface area contributed by atoms with Crippen LogP contribution in [0, 0.1) is 0 Å². The molecule has 134 valence electrons. The SMILES string of the molecule is COc1cc(NS(=O)(=O)c2ccc(NC(C)=O)cc2)c2ncccc2c1. The number of aromatic nitrogens is 1. The van der Waals surface area contributed by atoms with Crippen LogP contribution in [0.1, 0.15) is 6.92 Å².